The zero-order chi connectivity index (χ0) is 17.4. The number of carbonyl (C=O) groups excluding carboxylic acids is 2. The Morgan fingerprint density at radius 2 is 1.67 bits per heavy atom. The first kappa shape index (κ1) is 17.5. The summed E-state index contributed by atoms with van der Waals surface area (Å²) in [6.45, 7) is 3.06. The van der Waals surface area contributed by atoms with Gasteiger partial charge in [-0.2, -0.15) is 0 Å². The second kappa shape index (κ2) is 8.72. The number of nitrogens with one attached hydrogen (secondary N) is 1. The number of carbonyl (C=O) groups is 2. The van der Waals surface area contributed by atoms with E-state index in [2.05, 4.69) is 5.32 Å². The van der Waals surface area contributed by atoms with Gasteiger partial charge in [0.25, 0.3) is 0 Å². The molecule has 0 aromatic heterocycles. The molecule has 0 spiro atoms. The third-order valence-electron chi connectivity index (χ3n) is 3.69. The van der Waals surface area contributed by atoms with Crippen LogP contribution in [0.1, 0.15) is 18.1 Å². The van der Waals surface area contributed by atoms with E-state index in [0.29, 0.717) is 19.6 Å². The zero-order valence-electron chi connectivity index (χ0n) is 14.0. The van der Waals surface area contributed by atoms with Crippen molar-refractivity contribution in [2.24, 2.45) is 0 Å². The van der Waals surface area contributed by atoms with E-state index in [0.717, 1.165) is 16.9 Å². The molecule has 0 radical (unpaired) electrons. The Morgan fingerprint density at radius 3 is 2.25 bits per heavy atom. The maximum Gasteiger partial charge on any atom is 0.312 e. The number of hydrogen-bond donors (Lipinski definition) is 1. The molecule has 2 aromatic rings. The van der Waals surface area contributed by atoms with Gasteiger partial charge in [-0.1, -0.05) is 42.5 Å². The summed E-state index contributed by atoms with van der Waals surface area (Å²) in [4.78, 5) is 25.9. The monoisotopic (exact) mass is 326 g/mol. The molecule has 0 aliphatic carbocycles. The van der Waals surface area contributed by atoms with Crippen LogP contribution in [0.2, 0.25) is 0 Å². The van der Waals surface area contributed by atoms with Gasteiger partial charge in [0.05, 0.1) is 7.11 Å². The average molecular weight is 326 g/mol. The highest BCUT2D eigenvalue weighted by Gasteiger charge is 2.20. The molecule has 0 saturated heterocycles. The van der Waals surface area contributed by atoms with Crippen molar-refractivity contribution in [3.63, 3.8) is 0 Å². The summed E-state index contributed by atoms with van der Waals surface area (Å²) in [5.74, 6) is -0.361. The van der Waals surface area contributed by atoms with Gasteiger partial charge in [-0.15, -0.1) is 0 Å². The fraction of sp³-hybridized carbons (Fsp3) is 0.263. The van der Waals surface area contributed by atoms with Crippen LogP contribution in [-0.4, -0.2) is 30.4 Å². The highest BCUT2D eigenvalue weighted by atomic mass is 16.5. The number of ether oxygens (including phenoxy) is 1. The maximum absolute atomic E-state index is 12.3. The first-order chi connectivity index (χ1) is 11.6. The minimum atomic E-state index is -0.594. The van der Waals surface area contributed by atoms with E-state index < -0.39 is 11.8 Å². The van der Waals surface area contributed by atoms with Crippen molar-refractivity contribution in [2.75, 3.05) is 13.7 Å². The molecule has 2 rings (SSSR count). The third-order valence-corrected chi connectivity index (χ3v) is 3.69. The van der Waals surface area contributed by atoms with Gasteiger partial charge in [0.2, 0.25) is 0 Å². The summed E-state index contributed by atoms with van der Waals surface area (Å²) >= 11 is 0. The van der Waals surface area contributed by atoms with E-state index in [1.54, 1.807) is 7.11 Å². The lowest BCUT2D eigenvalue weighted by atomic mass is 10.2. The Balaban J connectivity index is 1.90. The Bertz CT molecular complexity index is 669. The summed E-state index contributed by atoms with van der Waals surface area (Å²) in [7, 11) is 1.60. The van der Waals surface area contributed by atoms with Gasteiger partial charge in [0.1, 0.15) is 5.75 Å². The standard InChI is InChI=1S/C19H22N2O3/c1-3-21(14-16-7-5-4-6-8-16)19(23)18(22)20-13-15-9-11-17(24-2)12-10-15/h4-12H,3,13-14H2,1-2H3,(H,20,22). The molecule has 0 bridgehead atoms. The number of methoxy groups -OCH3 is 1. The van der Waals surface area contributed by atoms with Crippen molar-refractivity contribution >= 4 is 11.8 Å². The van der Waals surface area contributed by atoms with Crippen LogP contribution in [0.25, 0.3) is 0 Å². The molecule has 24 heavy (non-hydrogen) atoms. The highest BCUT2D eigenvalue weighted by Crippen LogP contribution is 2.11. The summed E-state index contributed by atoms with van der Waals surface area (Å²) in [6.07, 6.45) is 0. The minimum Gasteiger partial charge on any atom is -0.497 e. The summed E-state index contributed by atoms with van der Waals surface area (Å²) in [5, 5.41) is 2.67. The van der Waals surface area contributed by atoms with Crippen molar-refractivity contribution in [2.45, 2.75) is 20.0 Å². The maximum atomic E-state index is 12.3. The number of nitrogens with zero attached hydrogens (tertiary/aromatic N) is 1. The van der Waals surface area contributed by atoms with E-state index >= 15 is 0 Å². The summed E-state index contributed by atoms with van der Waals surface area (Å²) in [6, 6.07) is 17.0. The van der Waals surface area contributed by atoms with Gasteiger partial charge in [-0.3, -0.25) is 9.59 Å². The van der Waals surface area contributed by atoms with Gasteiger partial charge in [0, 0.05) is 19.6 Å². The number of benzene rings is 2. The van der Waals surface area contributed by atoms with Crippen LogP contribution >= 0.6 is 0 Å². The van der Waals surface area contributed by atoms with E-state index in [-0.39, 0.29) is 0 Å². The molecular weight excluding hydrogens is 304 g/mol. The Morgan fingerprint density at radius 1 is 1.00 bits per heavy atom. The lowest BCUT2D eigenvalue weighted by molar-refractivity contribution is -0.146. The fourth-order valence-corrected chi connectivity index (χ4v) is 2.28. The molecule has 126 valence electrons. The van der Waals surface area contributed by atoms with E-state index in [1.807, 2.05) is 61.5 Å². The molecule has 0 fully saturated rings. The molecular formula is C19H22N2O3. The average Bonchev–Trinajstić information content (AvgIpc) is 2.64. The largest absolute Gasteiger partial charge is 0.497 e. The van der Waals surface area contributed by atoms with Crippen LogP contribution in [0.3, 0.4) is 0 Å². The quantitative estimate of drug-likeness (QED) is 0.829. The lowest BCUT2D eigenvalue weighted by Gasteiger charge is -2.20. The number of rotatable bonds is 6. The van der Waals surface area contributed by atoms with Crippen molar-refractivity contribution in [3.05, 3.63) is 65.7 Å². The highest BCUT2D eigenvalue weighted by molar-refractivity contribution is 6.34. The molecule has 0 atom stereocenters. The van der Waals surface area contributed by atoms with Crippen LogP contribution in [0.5, 0.6) is 5.75 Å². The molecule has 0 aliphatic rings. The Labute approximate surface area is 142 Å². The van der Waals surface area contributed by atoms with E-state index in [4.69, 9.17) is 4.74 Å². The predicted octanol–water partition coefficient (Wildman–Crippen LogP) is 2.36. The van der Waals surface area contributed by atoms with Crippen LogP contribution < -0.4 is 10.1 Å². The Hall–Kier alpha value is -2.82. The lowest BCUT2D eigenvalue weighted by Crippen LogP contribution is -2.42. The first-order valence-corrected chi connectivity index (χ1v) is 7.88. The minimum absolute atomic E-state index is 0.303. The molecule has 2 aromatic carbocycles. The van der Waals surface area contributed by atoms with Crippen molar-refractivity contribution in [1.82, 2.24) is 10.2 Å². The first-order valence-electron chi connectivity index (χ1n) is 7.88. The number of likely N-dealkylation sites (N-methyl/N-ethyl adjacent to an activating group) is 1. The summed E-state index contributed by atoms with van der Waals surface area (Å²) < 4.78 is 5.09. The van der Waals surface area contributed by atoms with Crippen molar-refractivity contribution in [3.8, 4) is 5.75 Å². The van der Waals surface area contributed by atoms with Crippen LogP contribution in [0.15, 0.2) is 54.6 Å². The number of amides is 2. The smallest absolute Gasteiger partial charge is 0.312 e. The van der Waals surface area contributed by atoms with Gasteiger partial charge < -0.3 is 15.0 Å². The van der Waals surface area contributed by atoms with Gasteiger partial charge in [-0.25, -0.2) is 0 Å². The molecule has 5 heteroatoms. The second-order valence-electron chi connectivity index (χ2n) is 5.34. The van der Waals surface area contributed by atoms with Gasteiger partial charge >= 0.3 is 11.8 Å². The zero-order valence-corrected chi connectivity index (χ0v) is 14.0. The summed E-state index contributed by atoms with van der Waals surface area (Å²) in [5.41, 5.74) is 1.90. The SMILES string of the molecule is CCN(Cc1ccccc1)C(=O)C(=O)NCc1ccc(OC)cc1. The van der Waals surface area contributed by atoms with Crippen LogP contribution in [0, 0.1) is 0 Å². The molecule has 0 aliphatic heterocycles. The van der Waals surface area contributed by atoms with E-state index in [9.17, 15) is 9.59 Å². The fourth-order valence-electron chi connectivity index (χ4n) is 2.28. The van der Waals surface area contributed by atoms with E-state index in [1.165, 1.54) is 4.90 Å². The third kappa shape index (κ3) is 4.84. The molecule has 1 N–H and O–H groups in total. The molecule has 5 nitrogen and oxygen atoms in total. The van der Waals surface area contributed by atoms with Crippen LogP contribution in [-0.2, 0) is 22.7 Å². The van der Waals surface area contributed by atoms with Crippen LogP contribution in [0.4, 0.5) is 0 Å². The van der Waals surface area contributed by atoms with Gasteiger partial charge in [0.15, 0.2) is 0 Å². The van der Waals surface area contributed by atoms with Crippen molar-refractivity contribution in [1.29, 1.82) is 0 Å². The topological polar surface area (TPSA) is 58.6 Å². The normalized spacial score (nSPS) is 10.1. The molecule has 0 unspecified atom stereocenters. The predicted molar refractivity (Wildman–Crippen MR) is 92.4 cm³/mol. The van der Waals surface area contributed by atoms with Crippen molar-refractivity contribution < 1.29 is 14.3 Å². The molecule has 2 amide bonds. The second-order valence-corrected chi connectivity index (χ2v) is 5.34. The molecule has 0 heterocycles. The molecule has 0 saturated carbocycles. The Kier molecular flexibility index (Phi) is 6.37. The number of hydrogen-bond acceptors (Lipinski definition) is 3. The van der Waals surface area contributed by atoms with Gasteiger partial charge in [-0.05, 0) is 30.2 Å².